The standard InChI is InChI=1S/C18H15F3O2S/c1-24(22,23)18-8-6-12(10-17(18)21)14-4-2-3-13(14)11-5-7-15(19)16(20)9-11/h5-10H,2-4H2,1H3. The van der Waals surface area contributed by atoms with E-state index in [4.69, 9.17) is 0 Å². The topological polar surface area (TPSA) is 34.1 Å². The van der Waals surface area contributed by atoms with Gasteiger partial charge in [0.25, 0.3) is 0 Å². The van der Waals surface area contributed by atoms with Gasteiger partial charge >= 0.3 is 0 Å². The van der Waals surface area contributed by atoms with Crippen molar-refractivity contribution in [1.29, 1.82) is 0 Å². The fraction of sp³-hybridized carbons (Fsp3) is 0.222. The van der Waals surface area contributed by atoms with Crippen LogP contribution in [0.3, 0.4) is 0 Å². The van der Waals surface area contributed by atoms with Gasteiger partial charge in [0.1, 0.15) is 10.7 Å². The molecule has 0 unspecified atom stereocenters. The molecule has 24 heavy (non-hydrogen) atoms. The van der Waals surface area contributed by atoms with Crippen molar-refractivity contribution in [3.8, 4) is 0 Å². The Bertz CT molecular complexity index is 947. The van der Waals surface area contributed by atoms with Gasteiger partial charge in [-0.3, -0.25) is 0 Å². The summed E-state index contributed by atoms with van der Waals surface area (Å²) in [6, 6.07) is 7.70. The fourth-order valence-electron chi connectivity index (χ4n) is 3.05. The van der Waals surface area contributed by atoms with E-state index in [1.807, 2.05) is 0 Å². The van der Waals surface area contributed by atoms with Crippen LogP contribution in [0, 0.1) is 17.5 Å². The van der Waals surface area contributed by atoms with Crippen LogP contribution in [0.5, 0.6) is 0 Å². The van der Waals surface area contributed by atoms with Gasteiger partial charge in [0.2, 0.25) is 0 Å². The van der Waals surface area contributed by atoms with E-state index in [2.05, 4.69) is 0 Å². The number of halogens is 3. The van der Waals surface area contributed by atoms with Gasteiger partial charge in [-0.15, -0.1) is 0 Å². The summed E-state index contributed by atoms with van der Waals surface area (Å²) in [5.41, 5.74) is 2.80. The summed E-state index contributed by atoms with van der Waals surface area (Å²) in [6.45, 7) is 0. The second-order valence-electron chi connectivity index (χ2n) is 5.86. The molecular formula is C18H15F3O2S. The molecule has 0 saturated heterocycles. The van der Waals surface area contributed by atoms with Crippen LogP contribution >= 0.6 is 0 Å². The predicted molar refractivity (Wildman–Crippen MR) is 86.5 cm³/mol. The van der Waals surface area contributed by atoms with Gasteiger partial charge in [-0.1, -0.05) is 12.1 Å². The Balaban J connectivity index is 2.09. The van der Waals surface area contributed by atoms with Crippen molar-refractivity contribution in [2.45, 2.75) is 24.2 Å². The van der Waals surface area contributed by atoms with Gasteiger partial charge in [0.05, 0.1) is 0 Å². The Morgan fingerprint density at radius 2 is 1.33 bits per heavy atom. The maximum Gasteiger partial charge on any atom is 0.178 e. The molecule has 0 radical (unpaired) electrons. The van der Waals surface area contributed by atoms with Crippen molar-refractivity contribution in [2.75, 3.05) is 6.26 Å². The molecule has 0 atom stereocenters. The molecule has 0 saturated carbocycles. The van der Waals surface area contributed by atoms with Gasteiger partial charge in [-0.25, -0.2) is 21.6 Å². The smallest absolute Gasteiger partial charge is 0.178 e. The molecule has 0 fully saturated rings. The second kappa shape index (κ2) is 6.09. The molecule has 1 aliphatic rings. The minimum Gasteiger partial charge on any atom is -0.224 e. The molecule has 3 rings (SSSR count). The molecule has 0 bridgehead atoms. The maximum atomic E-state index is 14.1. The van der Waals surface area contributed by atoms with E-state index in [1.54, 1.807) is 6.07 Å². The van der Waals surface area contributed by atoms with Crippen molar-refractivity contribution in [3.05, 3.63) is 65.0 Å². The third-order valence-corrected chi connectivity index (χ3v) is 5.30. The normalized spacial score (nSPS) is 15.2. The number of sulfone groups is 1. The van der Waals surface area contributed by atoms with Crippen LogP contribution in [0.1, 0.15) is 30.4 Å². The average molecular weight is 352 g/mol. The highest BCUT2D eigenvalue weighted by Gasteiger charge is 2.21. The first kappa shape index (κ1) is 16.8. The number of allylic oxidation sites excluding steroid dienone is 2. The molecular weight excluding hydrogens is 337 g/mol. The molecule has 126 valence electrons. The monoisotopic (exact) mass is 352 g/mol. The third-order valence-electron chi connectivity index (χ3n) is 4.17. The van der Waals surface area contributed by atoms with E-state index in [0.717, 1.165) is 36.0 Å². The molecule has 0 amide bonds. The largest absolute Gasteiger partial charge is 0.224 e. The van der Waals surface area contributed by atoms with Gasteiger partial charge < -0.3 is 0 Å². The van der Waals surface area contributed by atoms with Gasteiger partial charge in [0, 0.05) is 6.26 Å². The van der Waals surface area contributed by atoms with Crippen LogP contribution in [0.25, 0.3) is 11.1 Å². The van der Waals surface area contributed by atoms with Gasteiger partial charge in [0.15, 0.2) is 21.5 Å². The summed E-state index contributed by atoms with van der Waals surface area (Å²) in [5.74, 6) is -2.65. The number of benzene rings is 2. The molecule has 1 aliphatic carbocycles. The zero-order valence-corrected chi connectivity index (χ0v) is 13.8. The van der Waals surface area contributed by atoms with E-state index < -0.39 is 27.3 Å². The Morgan fingerprint density at radius 1 is 0.792 bits per heavy atom. The van der Waals surface area contributed by atoms with Crippen LogP contribution in [-0.2, 0) is 9.84 Å². The van der Waals surface area contributed by atoms with E-state index in [1.165, 1.54) is 18.2 Å². The summed E-state index contributed by atoms with van der Waals surface area (Å²) in [6.07, 6.45) is 3.12. The number of hydrogen-bond donors (Lipinski definition) is 0. The van der Waals surface area contributed by atoms with E-state index in [0.29, 0.717) is 24.0 Å². The summed E-state index contributed by atoms with van der Waals surface area (Å²) < 4.78 is 63.8. The highest BCUT2D eigenvalue weighted by atomic mass is 32.2. The molecule has 0 aliphatic heterocycles. The van der Waals surface area contributed by atoms with Crippen molar-refractivity contribution in [2.24, 2.45) is 0 Å². The lowest BCUT2D eigenvalue weighted by Crippen LogP contribution is -2.01. The average Bonchev–Trinajstić information content (AvgIpc) is 2.98. The molecule has 0 heterocycles. The summed E-state index contributed by atoms with van der Waals surface area (Å²) in [7, 11) is -3.63. The molecule has 2 aromatic carbocycles. The number of hydrogen-bond acceptors (Lipinski definition) is 2. The maximum absolute atomic E-state index is 14.1. The van der Waals surface area contributed by atoms with E-state index in [-0.39, 0.29) is 4.90 Å². The highest BCUT2D eigenvalue weighted by Crippen LogP contribution is 2.40. The SMILES string of the molecule is CS(=O)(=O)c1ccc(C2=C(c3ccc(F)c(F)c3)CCC2)cc1F. The van der Waals surface area contributed by atoms with Gasteiger partial charge in [-0.05, 0) is 65.8 Å². The molecule has 0 aromatic heterocycles. The predicted octanol–water partition coefficient (Wildman–Crippen LogP) is 4.60. The Morgan fingerprint density at radius 3 is 1.83 bits per heavy atom. The van der Waals surface area contributed by atoms with E-state index in [9.17, 15) is 21.6 Å². The summed E-state index contributed by atoms with van der Waals surface area (Å²) in [4.78, 5) is -0.348. The zero-order chi connectivity index (χ0) is 17.5. The van der Waals surface area contributed by atoms with Crippen molar-refractivity contribution >= 4 is 21.0 Å². The molecule has 2 nitrogen and oxygen atoms in total. The molecule has 6 heteroatoms. The van der Waals surface area contributed by atoms with Gasteiger partial charge in [-0.2, -0.15) is 0 Å². The Hall–Kier alpha value is -2.08. The lowest BCUT2D eigenvalue weighted by molar-refractivity contribution is 0.508. The van der Waals surface area contributed by atoms with Crippen LogP contribution in [-0.4, -0.2) is 14.7 Å². The second-order valence-corrected chi connectivity index (χ2v) is 7.84. The van der Waals surface area contributed by atoms with Crippen LogP contribution in [0.2, 0.25) is 0 Å². The quantitative estimate of drug-likeness (QED) is 0.809. The zero-order valence-electron chi connectivity index (χ0n) is 12.9. The number of rotatable bonds is 3. The van der Waals surface area contributed by atoms with Crippen LogP contribution < -0.4 is 0 Å². The van der Waals surface area contributed by atoms with E-state index >= 15 is 0 Å². The first-order valence-corrected chi connectivity index (χ1v) is 9.34. The fourth-order valence-corrected chi connectivity index (χ4v) is 3.78. The lowest BCUT2D eigenvalue weighted by atomic mass is 9.97. The molecule has 2 aromatic rings. The van der Waals surface area contributed by atoms with Crippen molar-refractivity contribution < 1.29 is 21.6 Å². The first-order valence-electron chi connectivity index (χ1n) is 7.45. The summed E-state index contributed by atoms with van der Waals surface area (Å²) in [5, 5.41) is 0. The van der Waals surface area contributed by atoms with Crippen molar-refractivity contribution in [3.63, 3.8) is 0 Å². The van der Waals surface area contributed by atoms with Crippen LogP contribution in [0.4, 0.5) is 13.2 Å². The third kappa shape index (κ3) is 3.11. The minimum atomic E-state index is -3.63. The van der Waals surface area contributed by atoms with Crippen LogP contribution in [0.15, 0.2) is 41.3 Å². The summed E-state index contributed by atoms with van der Waals surface area (Å²) >= 11 is 0. The highest BCUT2D eigenvalue weighted by molar-refractivity contribution is 7.90. The first-order chi connectivity index (χ1) is 11.3. The van der Waals surface area contributed by atoms with Crippen molar-refractivity contribution in [1.82, 2.24) is 0 Å². The molecule has 0 N–H and O–H groups in total. The lowest BCUT2D eigenvalue weighted by Gasteiger charge is -2.10. The Labute approximate surface area is 138 Å². The Kier molecular flexibility index (Phi) is 4.25. The molecule has 0 spiro atoms. The minimum absolute atomic E-state index is 0.348.